The number of nitrogens with zero attached hydrogens (tertiary/aromatic N) is 4. The van der Waals surface area contributed by atoms with E-state index in [1.54, 1.807) is 6.07 Å². The number of aromatic nitrogens is 3. The molecule has 27 heavy (non-hydrogen) atoms. The quantitative estimate of drug-likeness (QED) is 0.622. The fourth-order valence-electron chi connectivity index (χ4n) is 2.26. The third-order valence-electron chi connectivity index (χ3n) is 3.45. The molecule has 0 bridgehead atoms. The number of halogens is 2. The van der Waals surface area contributed by atoms with Crippen LogP contribution in [0, 0.1) is 23.0 Å². The van der Waals surface area contributed by atoms with Crippen LogP contribution < -0.4 is 10.3 Å². The first-order valence-corrected chi connectivity index (χ1v) is 9.20. The van der Waals surface area contributed by atoms with Crippen molar-refractivity contribution in [2.75, 3.05) is 6.26 Å². The predicted octanol–water partition coefficient (Wildman–Crippen LogP) is 1.79. The van der Waals surface area contributed by atoms with Crippen molar-refractivity contribution < 1.29 is 21.9 Å². The van der Waals surface area contributed by atoms with Gasteiger partial charge in [0, 0.05) is 23.9 Å². The Morgan fingerprint density at radius 2 is 2.00 bits per heavy atom. The van der Waals surface area contributed by atoms with Gasteiger partial charge in [0.1, 0.15) is 18.0 Å². The van der Waals surface area contributed by atoms with Gasteiger partial charge in [0.25, 0.3) is 5.56 Å². The van der Waals surface area contributed by atoms with Crippen molar-refractivity contribution in [1.82, 2.24) is 14.5 Å². The van der Waals surface area contributed by atoms with Crippen LogP contribution in [0.25, 0.3) is 11.0 Å². The Kier molecular flexibility index (Phi) is 4.59. The number of pyridine rings is 1. The third kappa shape index (κ3) is 3.61. The minimum Gasteiger partial charge on any atom is -0.448 e. The maximum Gasteiger partial charge on any atom is 0.296 e. The number of ether oxygens (including phenoxy) is 1. The number of fused-ring (bicyclic) bond motifs is 1. The lowest BCUT2D eigenvalue weighted by Crippen LogP contribution is -2.23. The van der Waals surface area contributed by atoms with Gasteiger partial charge in [-0.05, 0) is 18.2 Å². The van der Waals surface area contributed by atoms with Crippen molar-refractivity contribution in [3.63, 3.8) is 0 Å². The zero-order valence-electron chi connectivity index (χ0n) is 13.7. The fraction of sp³-hybridized carbons (Fsp3) is 0.125. The van der Waals surface area contributed by atoms with Crippen molar-refractivity contribution in [2.24, 2.45) is 0 Å². The van der Waals surface area contributed by atoms with Crippen LogP contribution in [0.15, 0.2) is 40.4 Å². The van der Waals surface area contributed by atoms with E-state index in [0.717, 1.165) is 29.2 Å². The first kappa shape index (κ1) is 18.4. The summed E-state index contributed by atoms with van der Waals surface area (Å²) in [7, 11) is -3.74. The molecular formula is C16H10F2N4O4S. The molecule has 0 atom stereocenters. The van der Waals surface area contributed by atoms with Gasteiger partial charge in [-0.1, -0.05) is 0 Å². The molecule has 0 aliphatic carbocycles. The van der Waals surface area contributed by atoms with Crippen LogP contribution in [0.1, 0.15) is 0 Å². The highest BCUT2D eigenvalue weighted by molar-refractivity contribution is 7.90. The maximum atomic E-state index is 13.8. The van der Waals surface area contributed by atoms with Crippen molar-refractivity contribution >= 4 is 20.9 Å². The molecule has 2 aromatic heterocycles. The van der Waals surface area contributed by atoms with E-state index in [0.29, 0.717) is 6.07 Å². The predicted molar refractivity (Wildman–Crippen MR) is 89.0 cm³/mol. The van der Waals surface area contributed by atoms with Crippen LogP contribution in [0.3, 0.4) is 0 Å². The summed E-state index contributed by atoms with van der Waals surface area (Å²) < 4.78 is 56.2. The van der Waals surface area contributed by atoms with Crippen LogP contribution in [0.5, 0.6) is 11.5 Å². The van der Waals surface area contributed by atoms with Gasteiger partial charge in [-0.15, -0.1) is 0 Å². The minimum absolute atomic E-state index is 0.0936. The summed E-state index contributed by atoms with van der Waals surface area (Å²) in [4.78, 5) is 20.1. The molecule has 0 saturated carbocycles. The van der Waals surface area contributed by atoms with E-state index in [4.69, 9.17) is 10.00 Å². The second-order valence-corrected chi connectivity index (χ2v) is 7.35. The highest BCUT2D eigenvalue weighted by atomic mass is 32.2. The van der Waals surface area contributed by atoms with Gasteiger partial charge >= 0.3 is 0 Å². The van der Waals surface area contributed by atoms with E-state index in [9.17, 15) is 22.0 Å². The van der Waals surface area contributed by atoms with E-state index in [-0.39, 0.29) is 16.8 Å². The molecule has 0 radical (unpaired) electrons. The fourth-order valence-corrected chi connectivity index (χ4v) is 2.76. The summed E-state index contributed by atoms with van der Waals surface area (Å²) >= 11 is 0. The van der Waals surface area contributed by atoms with Crippen molar-refractivity contribution in [3.8, 4) is 17.6 Å². The minimum atomic E-state index is -3.74. The molecule has 1 aromatic carbocycles. The second kappa shape index (κ2) is 6.73. The van der Waals surface area contributed by atoms with Crippen LogP contribution in [0.4, 0.5) is 8.78 Å². The molecule has 0 N–H and O–H groups in total. The molecule has 138 valence electrons. The Bertz CT molecular complexity index is 1270. The average Bonchev–Trinajstić information content (AvgIpc) is 2.59. The van der Waals surface area contributed by atoms with Crippen LogP contribution in [-0.2, 0) is 16.4 Å². The monoisotopic (exact) mass is 392 g/mol. The van der Waals surface area contributed by atoms with Crippen molar-refractivity contribution in [2.45, 2.75) is 11.7 Å². The average molecular weight is 392 g/mol. The Labute approximate surface area is 151 Å². The summed E-state index contributed by atoms with van der Waals surface area (Å²) in [5.41, 5.74) is -0.935. The van der Waals surface area contributed by atoms with E-state index >= 15 is 0 Å². The number of hydrogen-bond acceptors (Lipinski definition) is 7. The topological polar surface area (TPSA) is 115 Å². The lowest BCUT2D eigenvalue weighted by Gasteiger charge is -2.11. The summed E-state index contributed by atoms with van der Waals surface area (Å²) in [5, 5.41) is 8.65. The number of sulfone groups is 1. The van der Waals surface area contributed by atoms with Gasteiger partial charge in [0.05, 0.1) is 6.07 Å². The summed E-state index contributed by atoms with van der Waals surface area (Å²) in [6, 6.07) is 5.49. The van der Waals surface area contributed by atoms with E-state index in [1.807, 2.05) is 0 Å². The normalized spacial score (nSPS) is 11.3. The SMILES string of the molecule is CS(=O)(=O)c1ncc2cc(Oc3ccc(F)cc3F)c(=O)n(CC#N)c2n1. The Balaban J connectivity index is 2.22. The molecule has 11 heteroatoms. The van der Waals surface area contributed by atoms with Gasteiger partial charge in [-0.25, -0.2) is 22.2 Å². The van der Waals surface area contributed by atoms with Gasteiger partial charge in [0.2, 0.25) is 15.0 Å². The first-order valence-electron chi connectivity index (χ1n) is 7.31. The number of hydrogen-bond donors (Lipinski definition) is 0. The Morgan fingerprint density at radius 1 is 1.26 bits per heavy atom. The standard InChI is InChI=1S/C16H10F2N4O4S/c1-27(24,25)16-20-8-9-6-13(15(23)22(5-4-19)14(9)21-16)26-12-3-2-10(17)7-11(12)18/h2-3,6-8H,5H2,1H3. The summed E-state index contributed by atoms with van der Waals surface area (Å²) in [6.07, 6.45) is 2.04. The molecule has 0 aliphatic heterocycles. The lowest BCUT2D eigenvalue weighted by molar-refractivity contribution is 0.429. The number of nitriles is 1. The van der Waals surface area contributed by atoms with E-state index in [2.05, 4.69) is 9.97 Å². The van der Waals surface area contributed by atoms with Gasteiger partial charge in [-0.2, -0.15) is 10.2 Å². The molecule has 3 rings (SSSR count). The molecule has 0 amide bonds. The molecule has 0 saturated heterocycles. The first-order chi connectivity index (χ1) is 12.7. The van der Waals surface area contributed by atoms with Gasteiger partial charge < -0.3 is 4.74 Å². The Hall–Kier alpha value is -3.39. The summed E-state index contributed by atoms with van der Waals surface area (Å²) in [5.74, 6) is -2.60. The molecule has 3 aromatic rings. The maximum absolute atomic E-state index is 13.8. The van der Waals surface area contributed by atoms with Crippen LogP contribution in [0.2, 0.25) is 0 Å². The molecule has 2 heterocycles. The zero-order valence-corrected chi connectivity index (χ0v) is 14.5. The van der Waals surface area contributed by atoms with E-state index < -0.39 is 44.5 Å². The molecule has 0 fully saturated rings. The molecular weight excluding hydrogens is 382 g/mol. The Morgan fingerprint density at radius 3 is 2.63 bits per heavy atom. The van der Waals surface area contributed by atoms with Gasteiger partial charge in [-0.3, -0.25) is 9.36 Å². The van der Waals surface area contributed by atoms with Crippen molar-refractivity contribution in [3.05, 3.63) is 52.5 Å². The third-order valence-corrected chi connectivity index (χ3v) is 4.31. The number of benzene rings is 1. The van der Waals surface area contributed by atoms with Crippen LogP contribution >= 0.6 is 0 Å². The number of rotatable bonds is 4. The highest BCUT2D eigenvalue weighted by Gasteiger charge is 2.18. The molecule has 0 aliphatic rings. The highest BCUT2D eigenvalue weighted by Crippen LogP contribution is 2.25. The van der Waals surface area contributed by atoms with Crippen LogP contribution in [-0.4, -0.2) is 29.2 Å². The van der Waals surface area contributed by atoms with E-state index in [1.165, 1.54) is 6.07 Å². The lowest BCUT2D eigenvalue weighted by atomic mass is 10.3. The van der Waals surface area contributed by atoms with Gasteiger partial charge in [0.15, 0.2) is 17.3 Å². The zero-order chi connectivity index (χ0) is 19.8. The molecule has 0 unspecified atom stereocenters. The smallest absolute Gasteiger partial charge is 0.296 e. The largest absolute Gasteiger partial charge is 0.448 e. The molecule has 8 nitrogen and oxygen atoms in total. The molecule has 0 spiro atoms. The van der Waals surface area contributed by atoms with Crippen molar-refractivity contribution in [1.29, 1.82) is 5.26 Å². The summed E-state index contributed by atoms with van der Waals surface area (Å²) in [6.45, 7) is -0.460. The second-order valence-electron chi connectivity index (χ2n) is 5.44.